The number of nitriles is 1. The van der Waals surface area contributed by atoms with E-state index < -0.39 is 0 Å². The van der Waals surface area contributed by atoms with Gasteiger partial charge in [0.05, 0.1) is 18.2 Å². The second-order valence-electron chi connectivity index (χ2n) is 5.11. The van der Waals surface area contributed by atoms with Crippen molar-refractivity contribution in [1.29, 1.82) is 5.26 Å². The third kappa shape index (κ3) is 3.43. The van der Waals surface area contributed by atoms with Crippen molar-refractivity contribution in [1.82, 2.24) is 14.8 Å². The highest BCUT2D eigenvalue weighted by atomic mass is 32.2. The zero-order valence-corrected chi connectivity index (χ0v) is 13.3. The molecule has 0 saturated carbocycles. The molecule has 2 rings (SSSR count). The lowest BCUT2D eigenvalue weighted by atomic mass is 10.1. The van der Waals surface area contributed by atoms with Gasteiger partial charge in [-0.1, -0.05) is 17.8 Å². The van der Waals surface area contributed by atoms with Crippen molar-refractivity contribution in [2.45, 2.75) is 44.3 Å². The van der Waals surface area contributed by atoms with Crippen LogP contribution in [0.3, 0.4) is 0 Å². The zero-order valence-electron chi connectivity index (χ0n) is 12.5. The number of nitrogens with zero attached hydrogens (tertiary/aromatic N) is 4. The number of rotatable bonds is 5. The van der Waals surface area contributed by atoms with Gasteiger partial charge < -0.3 is 10.3 Å². The molecule has 0 aliphatic rings. The minimum atomic E-state index is 0.281. The summed E-state index contributed by atoms with van der Waals surface area (Å²) < 4.78 is 2.07. The van der Waals surface area contributed by atoms with E-state index in [1.54, 1.807) is 11.8 Å². The second kappa shape index (κ2) is 6.74. The molecule has 0 unspecified atom stereocenters. The van der Waals surface area contributed by atoms with Crippen LogP contribution >= 0.6 is 11.8 Å². The highest BCUT2D eigenvalue weighted by Gasteiger charge is 2.14. The predicted octanol–water partition coefficient (Wildman–Crippen LogP) is 2.79. The molecule has 0 aliphatic heterocycles. The van der Waals surface area contributed by atoms with Gasteiger partial charge in [-0.15, -0.1) is 10.2 Å². The molecule has 0 atom stereocenters. The predicted molar refractivity (Wildman–Crippen MR) is 83.8 cm³/mol. The summed E-state index contributed by atoms with van der Waals surface area (Å²) in [6.45, 7) is 6.61. The van der Waals surface area contributed by atoms with Crippen LogP contribution in [0.15, 0.2) is 23.4 Å². The summed E-state index contributed by atoms with van der Waals surface area (Å²) in [5.41, 5.74) is 8.72. The summed E-state index contributed by atoms with van der Waals surface area (Å²) in [5.74, 6) is 1.61. The van der Waals surface area contributed by atoms with E-state index in [0.29, 0.717) is 12.1 Å². The van der Waals surface area contributed by atoms with Crippen LogP contribution < -0.4 is 5.73 Å². The van der Waals surface area contributed by atoms with Crippen LogP contribution in [0.25, 0.3) is 0 Å². The number of benzene rings is 1. The first kappa shape index (κ1) is 15.5. The molecule has 1 heterocycles. The fourth-order valence-electron chi connectivity index (χ4n) is 2.13. The molecule has 21 heavy (non-hydrogen) atoms. The lowest BCUT2D eigenvalue weighted by Gasteiger charge is -2.13. The lowest BCUT2D eigenvalue weighted by Crippen LogP contribution is -2.11. The molecule has 0 spiro atoms. The minimum absolute atomic E-state index is 0.281. The summed E-state index contributed by atoms with van der Waals surface area (Å²) >= 11 is 1.64. The van der Waals surface area contributed by atoms with Crippen molar-refractivity contribution in [2.24, 2.45) is 5.73 Å². The third-order valence-electron chi connectivity index (χ3n) is 3.26. The van der Waals surface area contributed by atoms with E-state index in [0.717, 1.165) is 22.3 Å². The Morgan fingerprint density at radius 2 is 2.14 bits per heavy atom. The first-order valence-electron chi connectivity index (χ1n) is 6.83. The molecule has 0 aliphatic carbocycles. The third-order valence-corrected chi connectivity index (χ3v) is 4.25. The molecule has 0 fully saturated rings. The summed E-state index contributed by atoms with van der Waals surface area (Å²) in [4.78, 5) is 0. The van der Waals surface area contributed by atoms with Crippen LogP contribution in [-0.4, -0.2) is 14.8 Å². The van der Waals surface area contributed by atoms with Crippen molar-refractivity contribution in [3.63, 3.8) is 0 Å². The first-order valence-corrected chi connectivity index (χ1v) is 7.81. The van der Waals surface area contributed by atoms with E-state index in [9.17, 15) is 0 Å². The highest BCUT2D eigenvalue weighted by molar-refractivity contribution is 7.98. The second-order valence-corrected chi connectivity index (χ2v) is 6.05. The molecule has 1 aromatic heterocycles. The summed E-state index contributed by atoms with van der Waals surface area (Å²) in [6.07, 6.45) is 0. The zero-order chi connectivity index (χ0) is 15.4. The highest BCUT2D eigenvalue weighted by Crippen LogP contribution is 2.26. The van der Waals surface area contributed by atoms with Gasteiger partial charge in [0.2, 0.25) is 0 Å². The van der Waals surface area contributed by atoms with Crippen LogP contribution in [0.4, 0.5) is 0 Å². The summed E-state index contributed by atoms with van der Waals surface area (Å²) in [5, 5.41) is 18.2. The van der Waals surface area contributed by atoms with E-state index >= 15 is 0 Å². The molecule has 6 heteroatoms. The quantitative estimate of drug-likeness (QED) is 0.859. The largest absolute Gasteiger partial charge is 0.324 e. The van der Waals surface area contributed by atoms with Crippen molar-refractivity contribution >= 4 is 11.8 Å². The summed E-state index contributed by atoms with van der Waals surface area (Å²) in [7, 11) is 0. The molecule has 1 aromatic carbocycles. The molecule has 2 aromatic rings. The van der Waals surface area contributed by atoms with Gasteiger partial charge in [0, 0.05) is 11.8 Å². The Kier molecular flexibility index (Phi) is 4.99. The fraction of sp³-hybridized carbons (Fsp3) is 0.400. The van der Waals surface area contributed by atoms with Gasteiger partial charge in [-0.3, -0.25) is 0 Å². The Morgan fingerprint density at radius 3 is 2.71 bits per heavy atom. The Hall–Kier alpha value is -1.84. The van der Waals surface area contributed by atoms with Crippen molar-refractivity contribution in [3.05, 3.63) is 40.7 Å². The standard InChI is InChI=1S/C15H19N5S/c1-10(2)20-14(8-17)18-19-15(20)21-9-13-5-4-12(7-16)6-11(13)3/h4-6,10H,8-9,17H2,1-3H3. The van der Waals surface area contributed by atoms with Gasteiger partial charge in [0.25, 0.3) is 0 Å². The molecule has 0 saturated heterocycles. The molecule has 0 bridgehead atoms. The summed E-state index contributed by atoms with van der Waals surface area (Å²) in [6, 6.07) is 8.20. The average Bonchev–Trinajstić information content (AvgIpc) is 2.89. The van der Waals surface area contributed by atoms with Gasteiger partial charge >= 0.3 is 0 Å². The fourth-order valence-corrected chi connectivity index (χ4v) is 3.30. The Morgan fingerprint density at radius 1 is 1.38 bits per heavy atom. The maximum absolute atomic E-state index is 8.90. The van der Waals surface area contributed by atoms with Gasteiger partial charge in [0.15, 0.2) is 5.16 Å². The number of hydrogen-bond acceptors (Lipinski definition) is 5. The van der Waals surface area contributed by atoms with Crippen LogP contribution in [0, 0.1) is 18.3 Å². The van der Waals surface area contributed by atoms with Crippen molar-refractivity contribution in [3.8, 4) is 6.07 Å². The SMILES string of the molecule is Cc1cc(C#N)ccc1CSc1nnc(CN)n1C(C)C. The molecule has 0 amide bonds. The number of aryl methyl sites for hydroxylation is 1. The number of thioether (sulfide) groups is 1. The van der Waals surface area contributed by atoms with Gasteiger partial charge in [-0.05, 0) is 44.0 Å². The first-order chi connectivity index (χ1) is 10.1. The Labute approximate surface area is 129 Å². The maximum atomic E-state index is 8.90. The van der Waals surface area contributed by atoms with E-state index in [4.69, 9.17) is 11.0 Å². The Balaban J connectivity index is 2.17. The van der Waals surface area contributed by atoms with Crippen molar-refractivity contribution in [2.75, 3.05) is 0 Å². The molecule has 0 radical (unpaired) electrons. The van der Waals surface area contributed by atoms with Crippen LogP contribution in [0.5, 0.6) is 0 Å². The maximum Gasteiger partial charge on any atom is 0.191 e. The average molecular weight is 301 g/mol. The van der Waals surface area contributed by atoms with E-state index in [1.165, 1.54) is 5.56 Å². The molecule has 110 valence electrons. The normalized spacial score (nSPS) is 10.9. The van der Waals surface area contributed by atoms with Crippen molar-refractivity contribution < 1.29 is 0 Å². The van der Waals surface area contributed by atoms with E-state index in [1.807, 2.05) is 25.1 Å². The molecular weight excluding hydrogens is 282 g/mol. The minimum Gasteiger partial charge on any atom is -0.324 e. The topological polar surface area (TPSA) is 80.5 Å². The van der Waals surface area contributed by atoms with Crippen LogP contribution in [-0.2, 0) is 12.3 Å². The van der Waals surface area contributed by atoms with E-state index in [-0.39, 0.29) is 6.04 Å². The molecular formula is C15H19N5S. The number of nitrogens with two attached hydrogens (primary N) is 1. The number of aromatic nitrogens is 3. The lowest BCUT2D eigenvalue weighted by molar-refractivity contribution is 0.526. The van der Waals surface area contributed by atoms with Crippen LogP contribution in [0.2, 0.25) is 0 Å². The Bertz CT molecular complexity index is 669. The van der Waals surface area contributed by atoms with E-state index in [2.05, 4.69) is 34.7 Å². The number of hydrogen-bond donors (Lipinski definition) is 1. The van der Waals surface area contributed by atoms with Gasteiger partial charge in [-0.25, -0.2) is 0 Å². The van der Waals surface area contributed by atoms with Gasteiger partial charge in [-0.2, -0.15) is 5.26 Å². The monoisotopic (exact) mass is 301 g/mol. The molecule has 5 nitrogen and oxygen atoms in total. The van der Waals surface area contributed by atoms with Crippen LogP contribution in [0.1, 0.15) is 42.4 Å². The molecule has 2 N–H and O–H groups in total. The smallest absolute Gasteiger partial charge is 0.191 e. The van der Waals surface area contributed by atoms with Gasteiger partial charge in [0.1, 0.15) is 5.82 Å².